The molecule has 3 rings (SSSR count). The molecule has 1 amide bonds. The summed E-state index contributed by atoms with van der Waals surface area (Å²) in [4.78, 5) is 17.1. The lowest BCUT2D eigenvalue weighted by Gasteiger charge is -2.24. The maximum absolute atomic E-state index is 13.0. The minimum absolute atomic E-state index is 0.0997. The van der Waals surface area contributed by atoms with Crippen LogP contribution in [-0.4, -0.2) is 23.3 Å². The number of ether oxygens (including phenoxy) is 1. The van der Waals surface area contributed by atoms with Gasteiger partial charge in [0.25, 0.3) is 0 Å². The van der Waals surface area contributed by atoms with Gasteiger partial charge in [-0.05, 0) is 47.2 Å². The third kappa shape index (κ3) is 11.8. The molecule has 2 aromatic carbocycles. The summed E-state index contributed by atoms with van der Waals surface area (Å²) in [7, 11) is 0. The van der Waals surface area contributed by atoms with Crippen LogP contribution < -0.4 is 9.64 Å². The summed E-state index contributed by atoms with van der Waals surface area (Å²) >= 11 is 8.27. The molecule has 4 nitrogen and oxygen atoms in total. The average molecular weight is 585 g/mol. The van der Waals surface area contributed by atoms with Gasteiger partial charge in [0.2, 0.25) is 5.91 Å². The van der Waals surface area contributed by atoms with Gasteiger partial charge < -0.3 is 14.5 Å². The molecular formula is C34H49ClN2O2S. The topological polar surface area (TPSA) is 32.8 Å². The maximum atomic E-state index is 13.0. The van der Waals surface area contributed by atoms with Crippen molar-refractivity contribution in [1.29, 1.82) is 0 Å². The first-order valence-electron chi connectivity index (χ1n) is 15.4. The van der Waals surface area contributed by atoms with Crippen molar-refractivity contribution in [2.75, 3.05) is 17.4 Å². The number of hydrogen-bond acceptors (Lipinski definition) is 4. The number of hydrogen-bond donors (Lipinski definition) is 0. The number of nitrogens with zero attached hydrogens (tertiary/aromatic N) is 2. The molecule has 0 saturated heterocycles. The Balaban J connectivity index is 1.44. The number of carbonyl (C=O) groups is 1. The first-order valence-corrected chi connectivity index (χ1v) is 16.9. The number of benzene rings is 2. The predicted molar refractivity (Wildman–Crippen MR) is 173 cm³/mol. The molecule has 0 unspecified atom stereocenters. The summed E-state index contributed by atoms with van der Waals surface area (Å²) in [5.74, 6) is 1.77. The Morgan fingerprint density at radius 1 is 0.900 bits per heavy atom. The molecule has 0 atom stereocenters. The van der Waals surface area contributed by atoms with Crippen LogP contribution in [-0.2, 0) is 17.9 Å². The lowest BCUT2D eigenvalue weighted by atomic mass is 10.1. The SMILES string of the molecule is CCCCCCCCCCCCCCOc1cc(CN(C(=O)CC)c2cccc(CN3C=CSC3)c2)ccc1Cl. The van der Waals surface area contributed by atoms with Gasteiger partial charge in [0, 0.05) is 24.9 Å². The van der Waals surface area contributed by atoms with Crippen molar-refractivity contribution in [2.24, 2.45) is 0 Å². The zero-order valence-corrected chi connectivity index (χ0v) is 26.3. The zero-order chi connectivity index (χ0) is 28.4. The fraction of sp³-hybridized carbons (Fsp3) is 0.559. The van der Waals surface area contributed by atoms with Crippen molar-refractivity contribution in [3.63, 3.8) is 0 Å². The van der Waals surface area contributed by atoms with Crippen LogP contribution in [0.25, 0.3) is 0 Å². The predicted octanol–water partition coefficient (Wildman–Crippen LogP) is 10.3. The minimum Gasteiger partial charge on any atom is -0.492 e. The Hall–Kier alpha value is -2.11. The van der Waals surface area contributed by atoms with E-state index in [1.807, 2.05) is 42.2 Å². The number of halogens is 1. The number of thioether (sulfide) groups is 1. The van der Waals surface area contributed by atoms with Crippen LogP contribution in [0.1, 0.15) is 108 Å². The molecule has 2 aromatic rings. The summed E-state index contributed by atoms with van der Waals surface area (Å²) in [5.41, 5.74) is 3.13. The summed E-state index contributed by atoms with van der Waals surface area (Å²) in [6.45, 7) is 6.18. The molecule has 0 N–H and O–H groups in total. The fourth-order valence-electron chi connectivity index (χ4n) is 5.05. The molecule has 1 heterocycles. The van der Waals surface area contributed by atoms with Gasteiger partial charge >= 0.3 is 0 Å². The lowest BCUT2D eigenvalue weighted by molar-refractivity contribution is -0.118. The van der Waals surface area contributed by atoms with Crippen molar-refractivity contribution < 1.29 is 9.53 Å². The monoisotopic (exact) mass is 584 g/mol. The van der Waals surface area contributed by atoms with E-state index in [4.69, 9.17) is 16.3 Å². The number of anilines is 1. The van der Waals surface area contributed by atoms with E-state index in [0.717, 1.165) is 30.1 Å². The van der Waals surface area contributed by atoms with Gasteiger partial charge in [-0.1, -0.05) is 114 Å². The summed E-state index contributed by atoms with van der Waals surface area (Å²) in [6, 6.07) is 14.2. The van der Waals surface area contributed by atoms with E-state index in [2.05, 4.69) is 35.6 Å². The highest BCUT2D eigenvalue weighted by Gasteiger charge is 2.17. The van der Waals surface area contributed by atoms with E-state index in [-0.39, 0.29) is 5.91 Å². The van der Waals surface area contributed by atoms with Crippen molar-refractivity contribution >= 4 is 35.0 Å². The molecule has 6 heteroatoms. The average Bonchev–Trinajstić information content (AvgIpc) is 3.48. The lowest BCUT2D eigenvalue weighted by Crippen LogP contribution is -2.29. The highest BCUT2D eigenvalue weighted by molar-refractivity contribution is 8.02. The van der Waals surface area contributed by atoms with Gasteiger partial charge in [-0.3, -0.25) is 4.79 Å². The molecule has 0 aromatic heterocycles. The molecule has 0 radical (unpaired) electrons. The number of rotatable bonds is 20. The molecule has 40 heavy (non-hydrogen) atoms. The molecule has 0 spiro atoms. The Kier molecular flexibility index (Phi) is 15.5. The third-order valence-electron chi connectivity index (χ3n) is 7.41. The van der Waals surface area contributed by atoms with Crippen LogP contribution in [0.5, 0.6) is 5.75 Å². The smallest absolute Gasteiger partial charge is 0.227 e. The molecule has 1 aliphatic rings. The molecule has 0 bridgehead atoms. The second-order valence-electron chi connectivity index (χ2n) is 10.8. The van der Waals surface area contributed by atoms with Crippen LogP contribution in [0, 0.1) is 0 Å². The summed E-state index contributed by atoms with van der Waals surface area (Å²) < 4.78 is 6.09. The van der Waals surface area contributed by atoms with Crippen LogP contribution in [0.15, 0.2) is 54.1 Å². The fourth-order valence-corrected chi connectivity index (χ4v) is 5.93. The minimum atomic E-state index is 0.0997. The molecule has 0 aliphatic carbocycles. The highest BCUT2D eigenvalue weighted by Crippen LogP contribution is 2.29. The number of amides is 1. The third-order valence-corrected chi connectivity index (χ3v) is 8.52. The first-order chi connectivity index (χ1) is 19.6. The van der Waals surface area contributed by atoms with Crippen LogP contribution >= 0.6 is 23.4 Å². The summed E-state index contributed by atoms with van der Waals surface area (Å²) in [5, 5.41) is 2.74. The summed E-state index contributed by atoms with van der Waals surface area (Å²) in [6.07, 6.45) is 18.4. The molecule has 0 saturated carbocycles. The van der Waals surface area contributed by atoms with Gasteiger partial charge in [0.15, 0.2) is 0 Å². The van der Waals surface area contributed by atoms with Gasteiger partial charge in [0.1, 0.15) is 5.75 Å². The normalized spacial score (nSPS) is 12.7. The largest absolute Gasteiger partial charge is 0.492 e. The van der Waals surface area contributed by atoms with Gasteiger partial charge in [0.05, 0.1) is 24.1 Å². The van der Waals surface area contributed by atoms with Crippen LogP contribution in [0.4, 0.5) is 5.69 Å². The van der Waals surface area contributed by atoms with Gasteiger partial charge in [-0.25, -0.2) is 0 Å². The van der Waals surface area contributed by atoms with Gasteiger partial charge in [-0.15, -0.1) is 11.8 Å². The van der Waals surface area contributed by atoms with Crippen molar-refractivity contribution in [2.45, 2.75) is 110 Å². The van der Waals surface area contributed by atoms with E-state index in [1.165, 1.54) is 76.2 Å². The van der Waals surface area contributed by atoms with Crippen molar-refractivity contribution in [3.8, 4) is 5.75 Å². The molecule has 0 fully saturated rings. The Morgan fingerprint density at radius 2 is 1.60 bits per heavy atom. The van der Waals surface area contributed by atoms with Gasteiger partial charge in [-0.2, -0.15) is 0 Å². The Morgan fingerprint density at radius 3 is 2.25 bits per heavy atom. The quantitative estimate of drug-likeness (QED) is 0.145. The van der Waals surface area contributed by atoms with Crippen LogP contribution in [0.2, 0.25) is 5.02 Å². The standard InChI is InChI=1S/C34H49ClN2O2S/c1-3-5-6-7-8-9-10-11-12-13-14-15-22-39-33-25-30(19-20-32(33)35)27-37(34(38)4-2)31-18-16-17-29(24-31)26-36-21-23-40-28-36/h16-21,23-25H,3-15,22,26-28H2,1-2H3. The second kappa shape index (κ2) is 19.1. The highest BCUT2D eigenvalue weighted by atomic mass is 35.5. The molecule has 1 aliphatic heterocycles. The number of carbonyl (C=O) groups excluding carboxylic acids is 1. The van der Waals surface area contributed by atoms with E-state index < -0.39 is 0 Å². The Labute approximate surface area is 252 Å². The van der Waals surface area contributed by atoms with E-state index in [0.29, 0.717) is 30.3 Å². The number of unbranched alkanes of at least 4 members (excludes halogenated alkanes) is 11. The molecule has 220 valence electrons. The van der Waals surface area contributed by atoms with E-state index in [9.17, 15) is 4.79 Å². The van der Waals surface area contributed by atoms with Crippen LogP contribution in [0.3, 0.4) is 0 Å². The van der Waals surface area contributed by atoms with E-state index in [1.54, 1.807) is 11.8 Å². The second-order valence-corrected chi connectivity index (χ2v) is 12.1. The van der Waals surface area contributed by atoms with Crippen molar-refractivity contribution in [1.82, 2.24) is 4.90 Å². The first kappa shape index (κ1) is 32.4. The van der Waals surface area contributed by atoms with E-state index >= 15 is 0 Å². The van der Waals surface area contributed by atoms with Crippen molar-refractivity contribution in [3.05, 3.63) is 70.2 Å². The Bertz CT molecular complexity index is 1040. The maximum Gasteiger partial charge on any atom is 0.227 e. The zero-order valence-electron chi connectivity index (χ0n) is 24.7. The molecular weight excluding hydrogens is 536 g/mol.